The van der Waals surface area contributed by atoms with Crippen LogP contribution in [-0.4, -0.2) is 6.72 Å². The molecule has 0 spiro atoms. The van der Waals surface area contributed by atoms with Gasteiger partial charge in [-0.3, -0.25) is 4.99 Å². The molecule has 0 unspecified atom stereocenters. The van der Waals surface area contributed by atoms with Crippen molar-refractivity contribution >= 4 is 34.4 Å². The van der Waals surface area contributed by atoms with Gasteiger partial charge in [-0.25, -0.2) is 0 Å². The topological polar surface area (TPSA) is 25.5 Å². The van der Waals surface area contributed by atoms with E-state index in [-0.39, 0.29) is 0 Å². The lowest BCUT2D eigenvalue weighted by Crippen LogP contribution is -1.87. The third kappa shape index (κ3) is 3.44. The summed E-state index contributed by atoms with van der Waals surface area (Å²) in [5, 5.41) is 2.25. The van der Waals surface area contributed by atoms with Crippen LogP contribution in [0.4, 0.5) is 0 Å². The summed E-state index contributed by atoms with van der Waals surface area (Å²) in [6.45, 7) is 3.79. The Morgan fingerprint density at radius 2 is 1.50 bits per heavy atom. The third-order valence-corrected chi connectivity index (χ3v) is 5.41. The zero-order valence-electron chi connectivity index (χ0n) is 16.6. The zero-order chi connectivity index (χ0) is 20.3. The van der Waals surface area contributed by atoms with Crippen LogP contribution < -0.4 is 0 Å². The number of hydrogen-bond donors (Lipinski definition) is 0. The van der Waals surface area contributed by atoms with E-state index in [1.54, 1.807) is 0 Å². The van der Waals surface area contributed by atoms with Crippen molar-refractivity contribution in [2.24, 2.45) is 4.99 Å². The van der Waals surface area contributed by atoms with Crippen LogP contribution in [-0.2, 0) is 6.42 Å². The fraction of sp³-hybridized carbons (Fsp3) is 0.0357. The molecule has 2 nitrogen and oxygen atoms in total. The summed E-state index contributed by atoms with van der Waals surface area (Å²) in [5.74, 6) is 0. The highest BCUT2D eigenvalue weighted by Crippen LogP contribution is 2.31. The van der Waals surface area contributed by atoms with Crippen LogP contribution in [0, 0.1) is 0 Å². The van der Waals surface area contributed by atoms with Crippen LogP contribution in [0.15, 0.2) is 113 Å². The van der Waals surface area contributed by atoms with Gasteiger partial charge in [-0.05, 0) is 48.0 Å². The summed E-state index contributed by atoms with van der Waals surface area (Å²) in [6, 6.07) is 33.4. The molecule has 0 N–H and O–H groups in total. The van der Waals surface area contributed by atoms with Gasteiger partial charge in [0.2, 0.25) is 0 Å². The average Bonchev–Trinajstić information content (AvgIpc) is 3.18. The fourth-order valence-corrected chi connectivity index (χ4v) is 3.88. The molecule has 144 valence electrons. The molecular weight excluding hydrogens is 366 g/mol. The van der Waals surface area contributed by atoms with E-state index in [1.807, 2.05) is 24.3 Å². The van der Waals surface area contributed by atoms with E-state index in [0.717, 1.165) is 39.6 Å². The zero-order valence-corrected chi connectivity index (χ0v) is 16.6. The first kappa shape index (κ1) is 18.1. The van der Waals surface area contributed by atoms with Crippen LogP contribution in [0.3, 0.4) is 0 Å². The number of rotatable bonds is 5. The predicted octanol–water partition coefficient (Wildman–Crippen LogP) is 7.54. The molecule has 5 rings (SSSR count). The van der Waals surface area contributed by atoms with Crippen LogP contribution in [0.25, 0.3) is 38.8 Å². The highest BCUT2D eigenvalue weighted by molar-refractivity contribution is 6.05. The Labute approximate surface area is 175 Å². The summed E-state index contributed by atoms with van der Waals surface area (Å²) in [6.07, 6.45) is 2.91. The van der Waals surface area contributed by atoms with Gasteiger partial charge in [0.15, 0.2) is 0 Å². The molecule has 0 aliphatic carbocycles. The number of nitrogens with zero attached hydrogens (tertiary/aromatic N) is 1. The Balaban J connectivity index is 1.45. The smallest absolute Gasteiger partial charge is 0.136 e. The monoisotopic (exact) mass is 387 g/mol. The van der Waals surface area contributed by atoms with Crippen LogP contribution in [0.1, 0.15) is 11.1 Å². The van der Waals surface area contributed by atoms with Gasteiger partial charge >= 0.3 is 0 Å². The Hall–Kier alpha value is -3.91. The van der Waals surface area contributed by atoms with Crippen molar-refractivity contribution in [2.45, 2.75) is 6.42 Å². The molecule has 0 amide bonds. The summed E-state index contributed by atoms with van der Waals surface area (Å²) in [7, 11) is 0. The molecule has 0 fully saturated rings. The predicted molar refractivity (Wildman–Crippen MR) is 127 cm³/mol. The van der Waals surface area contributed by atoms with Gasteiger partial charge in [-0.2, -0.15) is 0 Å². The lowest BCUT2D eigenvalue weighted by atomic mass is 10.0. The second-order valence-corrected chi connectivity index (χ2v) is 7.33. The number of allylic oxidation sites excluding steroid dienone is 1. The standard InChI is InChI=1S/C28H21NO/c1-29-26(17-14-20-8-7-11-22(18-20)21-9-3-2-4-10-21)23-15-16-25-24-12-5-6-13-27(24)30-28(25)19-23/h2-13,15-19H,1,14H2/b26-17-. The highest BCUT2D eigenvalue weighted by Gasteiger charge is 2.08. The lowest BCUT2D eigenvalue weighted by molar-refractivity contribution is 0.669. The number of aliphatic imine (C=N–C) groups is 1. The lowest BCUT2D eigenvalue weighted by Gasteiger charge is -2.06. The first-order valence-electron chi connectivity index (χ1n) is 10.0. The molecule has 30 heavy (non-hydrogen) atoms. The molecule has 5 aromatic rings. The minimum Gasteiger partial charge on any atom is -0.456 e. The molecule has 0 aliphatic heterocycles. The quantitative estimate of drug-likeness (QED) is 0.286. The van der Waals surface area contributed by atoms with Crippen molar-refractivity contribution in [1.29, 1.82) is 0 Å². The number of furan rings is 1. The highest BCUT2D eigenvalue weighted by atomic mass is 16.3. The summed E-state index contributed by atoms with van der Waals surface area (Å²) >= 11 is 0. The van der Waals surface area contributed by atoms with Crippen molar-refractivity contribution < 1.29 is 4.42 Å². The van der Waals surface area contributed by atoms with Crippen molar-refractivity contribution in [1.82, 2.24) is 0 Å². The Kier molecular flexibility index (Phi) is 4.74. The Morgan fingerprint density at radius 3 is 2.37 bits per heavy atom. The number of hydrogen-bond acceptors (Lipinski definition) is 2. The van der Waals surface area contributed by atoms with E-state index < -0.39 is 0 Å². The molecule has 4 aromatic carbocycles. The maximum absolute atomic E-state index is 6.03. The van der Waals surface area contributed by atoms with E-state index in [2.05, 4.69) is 90.6 Å². The van der Waals surface area contributed by atoms with Gasteiger partial charge in [0, 0.05) is 16.3 Å². The summed E-state index contributed by atoms with van der Waals surface area (Å²) in [5.41, 5.74) is 7.33. The molecule has 1 aromatic heterocycles. The normalized spacial score (nSPS) is 11.8. The average molecular weight is 387 g/mol. The van der Waals surface area contributed by atoms with E-state index in [1.165, 1.54) is 16.7 Å². The van der Waals surface area contributed by atoms with Crippen molar-refractivity contribution in [3.05, 3.63) is 114 Å². The van der Waals surface area contributed by atoms with E-state index in [4.69, 9.17) is 4.42 Å². The van der Waals surface area contributed by atoms with Crippen LogP contribution in [0.5, 0.6) is 0 Å². The third-order valence-electron chi connectivity index (χ3n) is 5.41. The van der Waals surface area contributed by atoms with Crippen LogP contribution in [0.2, 0.25) is 0 Å². The molecule has 1 heterocycles. The van der Waals surface area contributed by atoms with E-state index in [9.17, 15) is 0 Å². The SMILES string of the molecule is C=N/C(=C\Cc1cccc(-c2ccccc2)c1)c1ccc2c(c1)oc1ccccc12. The van der Waals surface area contributed by atoms with Crippen LogP contribution >= 0.6 is 0 Å². The van der Waals surface area contributed by atoms with Crippen molar-refractivity contribution in [2.75, 3.05) is 0 Å². The first-order valence-corrected chi connectivity index (χ1v) is 10.0. The summed E-state index contributed by atoms with van der Waals surface area (Å²) < 4.78 is 6.03. The van der Waals surface area contributed by atoms with Gasteiger partial charge < -0.3 is 4.42 Å². The maximum atomic E-state index is 6.03. The molecule has 0 aliphatic rings. The minimum absolute atomic E-state index is 0.785. The molecule has 0 saturated carbocycles. The van der Waals surface area contributed by atoms with E-state index in [0.29, 0.717) is 0 Å². The minimum atomic E-state index is 0.785. The Morgan fingerprint density at radius 1 is 0.733 bits per heavy atom. The van der Waals surface area contributed by atoms with Gasteiger partial charge in [0.25, 0.3) is 0 Å². The van der Waals surface area contributed by atoms with Gasteiger partial charge in [0.1, 0.15) is 11.2 Å². The van der Waals surface area contributed by atoms with Gasteiger partial charge in [0.05, 0.1) is 5.70 Å². The summed E-state index contributed by atoms with van der Waals surface area (Å²) in [4.78, 5) is 4.28. The largest absolute Gasteiger partial charge is 0.456 e. The number of para-hydroxylation sites is 1. The van der Waals surface area contributed by atoms with Gasteiger partial charge in [-0.1, -0.05) is 84.9 Å². The van der Waals surface area contributed by atoms with Crippen molar-refractivity contribution in [3.63, 3.8) is 0 Å². The fourth-order valence-electron chi connectivity index (χ4n) is 3.88. The Bertz CT molecular complexity index is 1380. The number of benzene rings is 4. The first-order chi connectivity index (χ1) is 14.8. The molecule has 0 saturated heterocycles. The van der Waals surface area contributed by atoms with Gasteiger partial charge in [-0.15, -0.1) is 0 Å². The molecule has 2 heteroatoms. The second-order valence-electron chi connectivity index (χ2n) is 7.33. The molecule has 0 radical (unpaired) electrons. The number of fused-ring (bicyclic) bond motifs is 3. The van der Waals surface area contributed by atoms with E-state index >= 15 is 0 Å². The molecular formula is C28H21NO. The molecule has 0 atom stereocenters. The second kappa shape index (κ2) is 7.84. The maximum Gasteiger partial charge on any atom is 0.136 e. The van der Waals surface area contributed by atoms with Crippen molar-refractivity contribution in [3.8, 4) is 11.1 Å². The molecule has 0 bridgehead atoms.